The van der Waals surface area contributed by atoms with Crippen LogP contribution in [0.15, 0.2) is 59.8 Å². The number of nitrogens with one attached hydrogen (secondary N) is 1. The quantitative estimate of drug-likeness (QED) is 0.707. The molecule has 0 bridgehead atoms. The Kier molecular flexibility index (Phi) is 3.63. The fourth-order valence-electron chi connectivity index (χ4n) is 4.61. The van der Waals surface area contributed by atoms with E-state index in [0.717, 1.165) is 46.0 Å². The summed E-state index contributed by atoms with van der Waals surface area (Å²) in [4.78, 5) is 18.1. The zero-order valence-corrected chi connectivity index (χ0v) is 16.3. The Morgan fingerprint density at radius 1 is 1.11 bits per heavy atom. The van der Waals surface area contributed by atoms with Crippen molar-refractivity contribution in [2.45, 2.75) is 32.7 Å². The maximum absolute atomic E-state index is 13.3. The van der Waals surface area contributed by atoms with Crippen LogP contribution in [0, 0.1) is 5.41 Å². The van der Waals surface area contributed by atoms with Gasteiger partial charge in [0.1, 0.15) is 5.75 Å². The minimum Gasteiger partial charge on any atom is -0.496 e. The Labute approximate surface area is 164 Å². The first kappa shape index (κ1) is 17.0. The van der Waals surface area contributed by atoms with E-state index in [1.807, 2.05) is 42.5 Å². The molecule has 1 N–H and O–H groups in total. The Balaban J connectivity index is 1.82. The number of hydrogen-bond donors (Lipinski definition) is 1. The fourth-order valence-corrected chi connectivity index (χ4v) is 4.61. The molecule has 5 nitrogen and oxygen atoms in total. The molecule has 1 aliphatic carbocycles. The SMILES string of the molecule is COc1ccccc1[C@@H]1C2=C(CC(C)(C)CC2=O)Nc2nc3ccccc3n21. The van der Waals surface area contributed by atoms with Crippen LogP contribution in [0.25, 0.3) is 11.0 Å². The number of ketones is 1. The van der Waals surface area contributed by atoms with Crippen LogP contribution in [0.3, 0.4) is 0 Å². The zero-order chi connectivity index (χ0) is 19.5. The number of carbonyl (C=O) groups excluding carboxylic acids is 1. The van der Waals surface area contributed by atoms with Gasteiger partial charge < -0.3 is 10.1 Å². The number of Topliss-reactive ketones (excluding diaryl/α,β-unsaturated/α-hetero) is 1. The minimum atomic E-state index is -0.251. The van der Waals surface area contributed by atoms with Crippen LogP contribution in [0.2, 0.25) is 0 Å². The number of methoxy groups -OCH3 is 1. The van der Waals surface area contributed by atoms with Gasteiger partial charge in [-0.1, -0.05) is 44.2 Å². The molecule has 28 heavy (non-hydrogen) atoms. The van der Waals surface area contributed by atoms with Gasteiger partial charge in [0.25, 0.3) is 0 Å². The van der Waals surface area contributed by atoms with Gasteiger partial charge in [0, 0.05) is 23.3 Å². The van der Waals surface area contributed by atoms with Gasteiger partial charge in [-0.05, 0) is 30.0 Å². The number of benzene rings is 2. The number of fused-ring (bicyclic) bond motifs is 3. The van der Waals surface area contributed by atoms with Crippen molar-refractivity contribution in [3.63, 3.8) is 0 Å². The number of nitrogens with zero attached hydrogens (tertiary/aromatic N) is 2. The van der Waals surface area contributed by atoms with Crippen molar-refractivity contribution in [3.8, 4) is 5.75 Å². The lowest BCUT2D eigenvalue weighted by Gasteiger charge is -2.39. The summed E-state index contributed by atoms with van der Waals surface area (Å²) in [6.45, 7) is 4.29. The summed E-state index contributed by atoms with van der Waals surface area (Å²) in [6, 6.07) is 15.8. The molecule has 142 valence electrons. The zero-order valence-electron chi connectivity index (χ0n) is 16.3. The van der Waals surface area contributed by atoms with E-state index in [1.54, 1.807) is 7.11 Å². The summed E-state index contributed by atoms with van der Waals surface area (Å²) in [7, 11) is 1.67. The normalized spacial score (nSPS) is 20.5. The van der Waals surface area contributed by atoms with E-state index in [2.05, 4.69) is 29.8 Å². The third kappa shape index (κ3) is 2.46. The van der Waals surface area contributed by atoms with Gasteiger partial charge in [-0.3, -0.25) is 9.36 Å². The van der Waals surface area contributed by atoms with Gasteiger partial charge in [0.2, 0.25) is 5.95 Å². The van der Waals surface area contributed by atoms with Crippen molar-refractivity contribution in [2.24, 2.45) is 5.41 Å². The molecular weight excluding hydrogens is 350 g/mol. The molecule has 0 radical (unpaired) electrons. The van der Waals surface area contributed by atoms with Crippen LogP contribution in [0.5, 0.6) is 5.75 Å². The summed E-state index contributed by atoms with van der Waals surface area (Å²) < 4.78 is 7.81. The fraction of sp³-hybridized carbons (Fsp3) is 0.304. The van der Waals surface area contributed by atoms with Crippen LogP contribution in [0.4, 0.5) is 5.95 Å². The van der Waals surface area contributed by atoms with Gasteiger partial charge in [0.15, 0.2) is 5.78 Å². The highest BCUT2D eigenvalue weighted by atomic mass is 16.5. The summed E-state index contributed by atoms with van der Waals surface area (Å²) >= 11 is 0. The predicted molar refractivity (Wildman–Crippen MR) is 110 cm³/mol. The van der Waals surface area contributed by atoms with E-state index in [4.69, 9.17) is 9.72 Å². The molecule has 1 aromatic heterocycles. The second kappa shape index (κ2) is 5.96. The van der Waals surface area contributed by atoms with Crippen molar-refractivity contribution < 1.29 is 9.53 Å². The number of ether oxygens (including phenoxy) is 1. The van der Waals surface area contributed by atoms with Gasteiger partial charge in [-0.15, -0.1) is 0 Å². The van der Waals surface area contributed by atoms with E-state index in [1.165, 1.54) is 0 Å². The van der Waals surface area contributed by atoms with E-state index in [-0.39, 0.29) is 17.2 Å². The molecule has 1 aliphatic heterocycles. The third-order valence-electron chi connectivity index (χ3n) is 5.74. The third-order valence-corrected chi connectivity index (χ3v) is 5.74. The first-order valence-electron chi connectivity index (χ1n) is 9.62. The summed E-state index contributed by atoms with van der Waals surface area (Å²) in [5, 5.41) is 3.48. The minimum absolute atomic E-state index is 0.0670. The molecule has 2 heterocycles. The van der Waals surface area contributed by atoms with Crippen molar-refractivity contribution in [1.29, 1.82) is 0 Å². The molecular formula is C23H23N3O2. The van der Waals surface area contributed by atoms with Crippen molar-refractivity contribution in [3.05, 3.63) is 65.4 Å². The number of carbonyl (C=O) groups is 1. The Morgan fingerprint density at radius 2 is 1.86 bits per heavy atom. The number of anilines is 1. The molecule has 2 aliphatic rings. The molecule has 2 aromatic carbocycles. The number of rotatable bonds is 2. The predicted octanol–water partition coefficient (Wildman–Crippen LogP) is 4.70. The average molecular weight is 373 g/mol. The van der Waals surface area contributed by atoms with Crippen molar-refractivity contribution >= 4 is 22.8 Å². The highest BCUT2D eigenvalue weighted by Gasteiger charge is 2.42. The second-order valence-electron chi connectivity index (χ2n) is 8.40. The largest absolute Gasteiger partial charge is 0.496 e. The van der Waals surface area contributed by atoms with Gasteiger partial charge in [0.05, 0.1) is 24.2 Å². The van der Waals surface area contributed by atoms with E-state index in [0.29, 0.717) is 6.42 Å². The molecule has 0 spiro atoms. The highest BCUT2D eigenvalue weighted by Crippen LogP contribution is 2.48. The first-order valence-corrected chi connectivity index (χ1v) is 9.62. The maximum atomic E-state index is 13.3. The molecule has 0 amide bonds. The maximum Gasteiger partial charge on any atom is 0.209 e. The van der Waals surface area contributed by atoms with Crippen molar-refractivity contribution in [2.75, 3.05) is 12.4 Å². The molecule has 5 rings (SSSR count). The van der Waals surface area contributed by atoms with Crippen LogP contribution in [-0.4, -0.2) is 22.4 Å². The van der Waals surface area contributed by atoms with Gasteiger partial charge in [-0.2, -0.15) is 0 Å². The number of allylic oxidation sites excluding steroid dienone is 2. The van der Waals surface area contributed by atoms with Crippen LogP contribution in [0.1, 0.15) is 38.3 Å². The van der Waals surface area contributed by atoms with E-state index < -0.39 is 0 Å². The Morgan fingerprint density at radius 3 is 2.68 bits per heavy atom. The average Bonchev–Trinajstić information content (AvgIpc) is 3.03. The molecule has 0 fully saturated rings. The van der Waals surface area contributed by atoms with E-state index >= 15 is 0 Å². The summed E-state index contributed by atoms with van der Waals surface area (Å²) in [5.74, 6) is 1.75. The lowest BCUT2D eigenvalue weighted by Crippen LogP contribution is -2.36. The number of aromatic nitrogens is 2. The molecule has 5 heteroatoms. The summed E-state index contributed by atoms with van der Waals surface area (Å²) in [6.07, 6.45) is 1.37. The van der Waals surface area contributed by atoms with Crippen molar-refractivity contribution in [1.82, 2.24) is 9.55 Å². The molecule has 3 aromatic rings. The Bertz CT molecular complexity index is 1140. The second-order valence-corrected chi connectivity index (χ2v) is 8.40. The van der Waals surface area contributed by atoms with E-state index in [9.17, 15) is 4.79 Å². The first-order chi connectivity index (χ1) is 13.5. The molecule has 0 saturated heterocycles. The van der Waals surface area contributed by atoms with Gasteiger partial charge in [-0.25, -0.2) is 4.98 Å². The molecule has 0 saturated carbocycles. The highest BCUT2D eigenvalue weighted by molar-refractivity contribution is 6.01. The molecule has 0 unspecified atom stereocenters. The van der Waals surface area contributed by atoms with Crippen LogP contribution >= 0.6 is 0 Å². The lowest BCUT2D eigenvalue weighted by atomic mass is 9.73. The Hall–Kier alpha value is -3.08. The number of hydrogen-bond acceptors (Lipinski definition) is 4. The smallest absolute Gasteiger partial charge is 0.209 e. The van der Waals surface area contributed by atoms with Crippen LogP contribution in [-0.2, 0) is 4.79 Å². The number of para-hydroxylation sites is 3. The lowest BCUT2D eigenvalue weighted by molar-refractivity contribution is -0.118. The molecule has 1 atom stereocenters. The van der Waals surface area contributed by atoms with Gasteiger partial charge >= 0.3 is 0 Å². The standard InChI is InChI=1S/C23H23N3O2/c1-23(2)12-16-20(18(27)13-23)21(14-8-4-7-11-19(14)28-3)26-17-10-6-5-9-15(17)24-22(26)25-16/h4-11,21H,12-13H2,1-3H3,(H,24,25)/t21-/m1/s1. The topological polar surface area (TPSA) is 56.1 Å². The summed E-state index contributed by atoms with van der Waals surface area (Å²) in [5.41, 5.74) is 4.65. The monoisotopic (exact) mass is 373 g/mol. The van der Waals surface area contributed by atoms with Crippen LogP contribution < -0.4 is 10.1 Å². The number of imidazole rings is 1.